The molecular weight excluding hydrogens is 421 g/mol. The Morgan fingerprint density at radius 3 is 2.50 bits per heavy atom. The average Bonchev–Trinajstić information content (AvgIpc) is 2.88. The Bertz CT molecular complexity index is 993. The number of likely N-dealkylation sites (tertiary alicyclic amines) is 2. The summed E-state index contributed by atoms with van der Waals surface area (Å²) in [5, 5.41) is 3.56. The van der Waals surface area contributed by atoms with Crippen LogP contribution in [0.3, 0.4) is 0 Å². The topological polar surface area (TPSA) is 18.5 Å². The van der Waals surface area contributed by atoms with E-state index >= 15 is 0 Å². The molecule has 182 valence electrons. The molecule has 0 radical (unpaired) electrons. The van der Waals surface area contributed by atoms with Gasteiger partial charge in [-0.2, -0.15) is 0 Å². The number of nitrogens with zero attached hydrogens (tertiary/aromatic N) is 2. The van der Waals surface area contributed by atoms with Crippen molar-refractivity contribution in [3.05, 3.63) is 95.5 Å². The first-order chi connectivity index (χ1) is 16.7. The van der Waals surface area contributed by atoms with Gasteiger partial charge in [-0.25, -0.2) is 4.39 Å². The van der Waals surface area contributed by atoms with Gasteiger partial charge in [-0.3, -0.25) is 4.90 Å². The number of hydrogen-bond donors (Lipinski definition) is 1. The maximum Gasteiger partial charge on any atom is 0.123 e. The van der Waals surface area contributed by atoms with Crippen molar-refractivity contribution in [2.75, 3.05) is 39.3 Å². The number of hydrogen-bond acceptors (Lipinski definition) is 3. The fraction of sp³-hybridized carbons (Fsp3) is 0.467. The number of halogens is 1. The standard InChI is InChI=1S/C30H38FN3.H2/c31-28-13-7-8-14-29(28)32-23-30-17-20-34(21-26-11-5-2-6-12-26)22-27(30)16-19-33(24-30)18-15-25-9-3-1-4-10-25;/h1-6,8-12,14,27,32H,7,13,15-24H2;1H. The fourth-order valence-electron chi connectivity index (χ4n) is 6.11. The highest BCUT2D eigenvalue weighted by atomic mass is 19.1. The first-order valence-corrected chi connectivity index (χ1v) is 13.0. The lowest BCUT2D eigenvalue weighted by atomic mass is 9.66. The van der Waals surface area contributed by atoms with E-state index in [9.17, 15) is 4.39 Å². The Morgan fingerprint density at radius 1 is 0.971 bits per heavy atom. The minimum Gasteiger partial charge on any atom is -0.382 e. The molecule has 3 nitrogen and oxygen atoms in total. The highest BCUT2D eigenvalue weighted by molar-refractivity contribution is 5.25. The maximum absolute atomic E-state index is 14.5. The van der Waals surface area contributed by atoms with Gasteiger partial charge >= 0.3 is 0 Å². The van der Waals surface area contributed by atoms with E-state index in [1.54, 1.807) is 0 Å². The van der Waals surface area contributed by atoms with Gasteiger partial charge in [0.1, 0.15) is 5.83 Å². The number of allylic oxidation sites excluding steroid dienone is 3. The van der Waals surface area contributed by atoms with Crippen molar-refractivity contribution in [3.8, 4) is 0 Å². The minimum absolute atomic E-state index is 0. The third-order valence-electron chi connectivity index (χ3n) is 8.15. The molecule has 34 heavy (non-hydrogen) atoms. The number of nitrogens with one attached hydrogen (secondary N) is 1. The van der Waals surface area contributed by atoms with Crippen molar-refractivity contribution in [2.45, 2.75) is 38.6 Å². The van der Waals surface area contributed by atoms with E-state index in [0.29, 0.717) is 18.0 Å². The molecular formula is C30H40FN3. The summed E-state index contributed by atoms with van der Waals surface area (Å²) in [6.45, 7) is 7.51. The first-order valence-electron chi connectivity index (χ1n) is 13.0. The number of benzene rings is 2. The van der Waals surface area contributed by atoms with Crippen molar-refractivity contribution in [2.24, 2.45) is 11.3 Å². The molecule has 0 bridgehead atoms. The lowest BCUT2D eigenvalue weighted by Gasteiger charge is -2.54. The largest absolute Gasteiger partial charge is 0.382 e. The summed E-state index contributed by atoms with van der Waals surface area (Å²) in [4.78, 5) is 5.30. The lowest BCUT2D eigenvalue weighted by molar-refractivity contribution is -0.0365. The van der Waals surface area contributed by atoms with Gasteiger partial charge < -0.3 is 10.2 Å². The molecule has 2 atom stereocenters. The molecule has 2 fully saturated rings. The molecule has 0 amide bonds. The molecule has 0 spiro atoms. The van der Waals surface area contributed by atoms with Crippen molar-refractivity contribution in [3.63, 3.8) is 0 Å². The second-order valence-electron chi connectivity index (χ2n) is 10.4. The van der Waals surface area contributed by atoms with E-state index in [4.69, 9.17) is 0 Å². The molecule has 0 aromatic heterocycles. The van der Waals surface area contributed by atoms with Crippen LogP contribution in [-0.4, -0.2) is 49.1 Å². The Labute approximate surface area is 205 Å². The molecule has 2 aromatic carbocycles. The molecule has 2 saturated heterocycles. The summed E-state index contributed by atoms with van der Waals surface area (Å²) in [6, 6.07) is 21.7. The van der Waals surface area contributed by atoms with Gasteiger partial charge in [0.2, 0.25) is 0 Å². The predicted octanol–water partition coefficient (Wildman–Crippen LogP) is 5.81. The molecule has 5 rings (SSSR count). The van der Waals surface area contributed by atoms with Gasteiger partial charge in [0, 0.05) is 46.0 Å². The summed E-state index contributed by atoms with van der Waals surface area (Å²) in [5.41, 5.74) is 3.72. The SMILES string of the molecule is FC1=C(NCC23CCN(Cc4ccccc4)CC2CCN(CCc2ccccc2)C3)C=CCC1.[HH]. The molecule has 2 aromatic rings. The van der Waals surface area contributed by atoms with Crippen LogP contribution in [-0.2, 0) is 13.0 Å². The normalized spacial score (nSPS) is 25.9. The van der Waals surface area contributed by atoms with E-state index in [-0.39, 0.29) is 12.7 Å². The first kappa shape index (κ1) is 23.3. The van der Waals surface area contributed by atoms with Crippen LogP contribution in [0, 0.1) is 11.3 Å². The van der Waals surface area contributed by atoms with Crippen molar-refractivity contribution < 1.29 is 5.82 Å². The van der Waals surface area contributed by atoms with Crippen LogP contribution in [0.1, 0.15) is 38.2 Å². The van der Waals surface area contributed by atoms with Crippen LogP contribution in [0.15, 0.2) is 84.3 Å². The summed E-state index contributed by atoms with van der Waals surface area (Å²) in [6.07, 6.45) is 8.87. The summed E-state index contributed by atoms with van der Waals surface area (Å²) in [5.74, 6) is 0.662. The predicted molar refractivity (Wildman–Crippen MR) is 140 cm³/mol. The third-order valence-corrected chi connectivity index (χ3v) is 8.15. The third kappa shape index (κ3) is 5.61. The highest BCUT2D eigenvalue weighted by Gasteiger charge is 2.46. The monoisotopic (exact) mass is 461 g/mol. The zero-order chi connectivity index (χ0) is 23.2. The van der Waals surface area contributed by atoms with E-state index in [2.05, 4.69) is 81.9 Å². The minimum atomic E-state index is 0. The van der Waals surface area contributed by atoms with E-state index in [1.807, 2.05) is 6.08 Å². The highest BCUT2D eigenvalue weighted by Crippen LogP contribution is 2.43. The average molecular weight is 462 g/mol. The van der Waals surface area contributed by atoms with Gasteiger partial charge in [0.05, 0.1) is 5.70 Å². The van der Waals surface area contributed by atoms with Gasteiger partial charge in [-0.05, 0) is 61.9 Å². The molecule has 0 saturated carbocycles. The van der Waals surface area contributed by atoms with E-state index < -0.39 is 0 Å². The van der Waals surface area contributed by atoms with Crippen LogP contribution < -0.4 is 5.32 Å². The van der Waals surface area contributed by atoms with Crippen molar-refractivity contribution in [1.29, 1.82) is 0 Å². The second kappa shape index (κ2) is 10.9. The Kier molecular flexibility index (Phi) is 7.46. The number of piperidine rings is 2. The summed E-state index contributed by atoms with van der Waals surface area (Å²) < 4.78 is 14.5. The molecule has 3 aliphatic rings. The molecule has 1 aliphatic carbocycles. The van der Waals surface area contributed by atoms with Gasteiger partial charge in [0.15, 0.2) is 0 Å². The van der Waals surface area contributed by atoms with Gasteiger partial charge in [-0.1, -0.05) is 66.7 Å². The Balaban J connectivity index is 0.00000289. The van der Waals surface area contributed by atoms with Crippen molar-refractivity contribution in [1.82, 2.24) is 15.1 Å². The van der Waals surface area contributed by atoms with Crippen LogP contribution in [0.5, 0.6) is 0 Å². The van der Waals surface area contributed by atoms with Crippen LogP contribution >= 0.6 is 0 Å². The quantitative estimate of drug-likeness (QED) is 0.535. The molecule has 1 N–H and O–H groups in total. The zero-order valence-electron chi connectivity index (χ0n) is 20.3. The van der Waals surface area contributed by atoms with Gasteiger partial charge in [-0.15, -0.1) is 0 Å². The Morgan fingerprint density at radius 2 is 1.74 bits per heavy atom. The summed E-state index contributed by atoms with van der Waals surface area (Å²) in [7, 11) is 0. The number of rotatable bonds is 8. The maximum atomic E-state index is 14.5. The molecule has 2 heterocycles. The fourth-order valence-corrected chi connectivity index (χ4v) is 6.11. The molecule has 4 heteroatoms. The zero-order valence-corrected chi connectivity index (χ0v) is 20.3. The molecule has 2 aliphatic heterocycles. The second-order valence-corrected chi connectivity index (χ2v) is 10.4. The van der Waals surface area contributed by atoms with Crippen molar-refractivity contribution >= 4 is 0 Å². The smallest absolute Gasteiger partial charge is 0.123 e. The Hall–Kier alpha value is -2.43. The summed E-state index contributed by atoms with van der Waals surface area (Å²) >= 11 is 0. The lowest BCUT2D eigenvalue weighted by Crippen LogP contribution is -2.59. The van der Waals surface area contributed by atoms with Crippen LogP contribution in [0.4, 0.5) is 4.39 Å². The van der Waals surface area contributed by atoms with Crippen LogP contribution in [0.25, 0.3) is 0 Å². The van der Waals surface area contributed by atoms with E-state index in [1.165, 1.54) is 17.5 Å². The van der Waals surface area contributed by atoms with Gasteiger partial charge in [0.25, 0.3) is 0 Å². The van der Waals surface area contributed by atoms with E-state index in [0.717, 1.165) is 65.1 Å². The molecule has 2 unspecified atom stereocenters. The van der Waals surface area contributed by atoms with Crippen LogP contribution in [0.2, 0.25) is 0 Å². The number of fused-ring (bicyclic) bond motifs is 1.